The summed E-state index contributed by atoms with van der Waals surface area (Å²) < 4.78 is 0. The average Bonchev–Trinajstić information content (AvgIpc) is 3.23. The Kier molecular flexibility index (Phi) is 4.57. The number of thiazole rings is 1. The van der Waals surface area contributed by atoms with Crippen LogP contribution < -0.4 is 5.56 Å². The molecule has 7 nitrogen and oxygen atoms in total. The van der Waals surface area contributed by atoms with Gasteiger partial charge in [0, 0.05) is 42.3 Å². The molecule has 8 heteroatoms. The first-order valence-corrected chi connectivity index (χ1v) is 9.32. The van der Waals surface area contributed by atoms with Gasteiger partial charge in [0.2, 0.25) is 0 Å². The monoisotopic (exact) mass is 367 g/mol. The maximum atomic E-state index is 13.0. The second-order valence-electron chi connectivity index (χ2n) is 6.09. The molecule has 1 amide bonds. The zero-order valence-electron chi connectivity index (χ0n) is 14.0. The van der Waals surface area contributed by atoms with Gasteiger partial charge in [-0.05, 0) is 31.4 Å². The Hall–Kier alpha value is -2.87. The lowest BCUT2D eigenvalue weighted by Crippen LogP contribution is -2.40. The molecule has 1 N–H and O–H groups in total. The second kappa shape index (κ2) is 7.17. The number of nitrogens with one attached hydrogen (secondary N) is 1. The van der Waals surface area contributed by atoms with Crippen molar-refractivity contribution in [1.29, 1.82) is 0 Å². The fraction of sp³-hybridized carbons (Fsp3) is 0.278. The van der Waals surface area contributed by atoms with Gasteiger partial charge in [0.1, 0.15) is 16.4 Å². The van der Waals surface area contributed by atoms with Crippen LogP contribution in [0.25, 0.3) is 11.4 Å². The number of carbonyl (C=O) groups is 1. The summed E-state index contributed by atoms with van der Waals surface area (Å²) in [7, 11) is 0. The number of piperidine rings is 1. The smallest absolute Gasteiger partial charge is 0.264 e. The minimum atomic E-state index is -0.430. The molecule has 0 saturated carbocycles. The van der Waals surface area contributed by atoms with Gasteiger partial charge in [-0.2, -0.15) is 0 Å². The molecule has 3 aromatic rings. The van der Waals surface area contributed by atoms with Crippen molar-refractivity contribution >= 4 is 17.2 Å². The van der Waals surface area contributed by atoms with E-state index in [9.17, 15) is 9.59 Å². The molecule has 1 aliphatic heterocycles. The molecule has 0 bridgehead atoms. The van der Waals surface area contributed by atoms with Crippen LogP contribution in [0.5, 0.6) is 0 Å². The first-order chi connectivity index (χ1) is 12.7. The van der Waals surface area contributed by atoms with Crippen LogP contribution in [0.1, 0.15) is 40.7 Å². The highest BCUT2D eigenvalue weighted by Gasteiger charge is 2.31. The van der Waals surface area contributed by atoms with E-state index in [2.05, 4.69) is 19.9 Å². The minimum Gasteiger partial charge on any atom is -0.329 e. The highest BCUT2D eigenvalue weighted by atomic mass is 32.1. The molecule has 1 aliphatic rings. The van der Waals surface area contributed by atoms with Crippen molar-refractivity contribution in [3.05, 3.63) is 63.2 Å². The molecule has 132 valence electrons. The molecule has 26 heavy (non-hydrogen) atoms. The van der Waals surface area contributed by atoms with E-state index in [0.29, 0.717) is 12.4 Å². The van der Waals surface area contributed by atoms with Crippen molar-refractivity contribution in [2.45, 2.75) is 25.3 Å². The van der Waals surface area contributed by atoms with E-state index in [4.69, 9.17) is 0 Å². The normalized spacial score (nSPS) is 17.2. The van der Waals surface area contributed by atoms with Crippen LogP contribution in [0.4, 0.5) is 0 Å². The molecule has 0 aliphatic carbocycles. The maximum absolute atomic E-state index is 13.0. The van der Waals surface area contributed by atoms with Crippen LogP contribution in [-0.2, 0) is 0 Å². The summed E-state index contributed by atoms with van der Waals surface area (Å²) in [6.45, 7) is 0.620. The van der Waals surface area contributed by atoms with Gasteiger partial charge in [0.15, 0.2) is 0 Å². The van der Waals surface area contributed by atoms with Crippen LogP contribution >= 0.6 is 11.3 Å². The Labute approximate surface area is 153 Å². The first kappa shape index (κ1) is 16.6. The van der Waals surface area contributed by atoms with Gasteiger partial charge in [0.05, 0.1) is 6.04 Å². The zero-order chi connectivity index (χ0) is 17.9. The fourth-order valence-electron chi connectivity index (χ4n) is 3.19. The number of hydrogen-bond acceptors (Lipinski definition) is 6. The second-order valence-corrected chi connectivity index (χ2v) is 7.02. The quantitative estimate of drug-likeness (QED) is 0.768. The number of aromatic amines is 1. The molecule has 0 spiro atoms. The summed E-state index contributed by atoms with van der Waals surface area (Å²) in [5.74, 6) is 0.129. The van der Waals surface area contributed by atoms with Crippen molar-refractivity contribution in [2.75, 3.05) is 6.54 Å². The molecular weight excluding hydrogens is 350 g/mol. The molecule has 1 fully saturated rings. The lowest BCUT2D eigenvalue weighted by Gasteiger charge is -2.34. The van der Waals surface area contributed by atoms with Gasteiger partial charge in [0.25, 0.3) is 11.5 Å². The summed E-state index contributed by atoms with van der Waals surface area (Å²) >= 11 is 1.54. The van der Waals surface area contributed by atoms with Crippen LogP contribution in [0.3, 0.4) is 0 Å². The van der Waals surface area contributed by atoms with Gasteiger partial charge < -0.3 is 9.88 Å². The topological polar surface area (TPSA) is 91.8 Å². The van der Waals surface area contributed by atoms with Gasteiger partial charge in [-0.25, -0.2) is 9.97 Å². The standard InChI is InChI=1S/C18H17N5O2S/c24-16-13(11-21-15(22-16)12-4-6-19-7-5-12)18(25)23-9-2-1-3-14(23)17-20-8-10-26-17/h4-8,10-11,14H,1-3,9H2,(H,21,22,24)/t14-/m1/s1. The highest BCUT2D eigenvalue weighted by Crippen LogP contribution is 2.32. The molecule has 0 radical (unpaired) electrons. The van der Waals surface area contributed by atoms with Crippen molar-refractivity contribution in [3.8, 4) is 11.4 Å². The molecule has 1 saturated heterocycles. The number of likely N-dealkylation sites (tertiary alicyclic amines) is 1. The van der Waals surface area contributed by atoms with E-state index in [1.807, 2.05) is 5.38 Å². The molecule has 0 aromatic carbocycles. The lowest BCUT2D eigenvalue weighted by molar-refractivity contribution is 0.0609. The molecule has 3 aromatic heterocycles. The number of carbonyl (C=O) groups excluding carboxylic acids is 1. The van der Waals surface area contributed by atoms with E-state index in [-0.39, 0.29) is 17.5 Å². The van der Waals surface area contributed by atoms with Gasteiger partial charge in [-0.1, -0.05) is 0 Å². The molecular formula is C18H17N5O2S. The summed E-state index contributed by atoms with van der Waals surface area (Å²) in [6, 6.07) is 3.43. The summed E-state index contributed by atoms with van der Waals surface area (Å²) in [4.78, 5) is 42.6. The Morgan fingerprint density at radius 2 is 2.04 bits per heavy atom. The van der Waals surface area contributed by atoms with Crippen LogP contribution in [0.15, 0.2) is 47.1 Å². The predicted molar refractivity (Wildman–Crippen MR) is 97.8 cm³/mol. The minimum absolute atomic E-state index is 0.0614. The third kappa shape index (κ3) is 3.15. The van der Waals surface area contributed by atoms with Crippen molar-refractivity contribution in [3.63, 3.8) is 0 Å². The Balaban J connectivity index is 1.64. The molecule has 1 atom stereocenters. The van der Waals surface area contributed by atoms with Crippen molar-refractivity contribution < 1.29 is 4.79 Å². The van der Waals surface area contributed by atoms with Crippen LogP contribution in [0, 0.1) is 0 Å². The van der Waals surface area contributed by atoms with Gasteiger partial charge >= 0.3 is 0 Å². The molecule has 4 heterocycles. The Bertz CT molecular complexity index is 955. The number of rotatable bonds is 3. The number of hydrogen-bond donors (Lipinski definition) is 1. The lowest BCUT2D eigenvalue weighted by atomic mass is 10.0. The Morgan fingerprint density at radius 1 is 1.19 bits per heavy atom. The van der Waals surface area contributed by atoms with Crippen LogP contribution in [0.2, 0.25) is 0 Å². The highest BCUT2D eigenvalue weighted by molar-refractivity contribution is 7.09. The van der Waals surface area contributed by atoms with E-state index in [1.54, 1.807) is 35.6 Å². The average molecular weight is 367 g/mol. The third-order valence-corrected chi connectivity index (χ3v) is 5.36. The SMILES string of the molecule is O=C(c1cnc(-c2ccncc2)[nH]c1=O)N1CCCC[C@@H]1c1nccs1. The number of aromatic nitrogens is 4. The number of H-pyrrole nitrogens is 1. The molecule has 0 unspecified atom stereocenters. The largest absolute Gasteiger partial charge is 0.329 e. The fourth-order valence-corrected chi connectivity index (χ4v) is 3.97. The first-order valence-electron chi connectivity index (χ1n) is 8.44. The summed E-state index contributed by atoms with van der Waals surface area (Å²) in [5.41, 5.74) is 0.376. The van der Waals surface area contributed by atoms with Crippen molar-refractivity contribution in [2.24, 2.45) is 0 Å². The molecule has 4 rings (SSSR count). The zero-order valence-corrected chi connectivity index (χ0v) is 14.8. The van der Waals surface area contributed by atoms with E-state index >= 15 is 0 Å². The summed E-state index contributed by atoms with van der Waals surface area (Å²) in [6.07, 6.45) is 9.19. The van der Waals surface area contributed by atoms with E-state index < -0.39 is 5.56 Å². The summed E-state index contributed by atoms with van der Waals surface area (Å²) in [5, 5.41) is 2.82. The number of amides is 1. The maximum Gasteiger partial charge on any atom is 0.264 e. The van der Waals surface area contributed by atoms with Gasteiger partial charge in [-0.3, -0.25) is 14.6 Å². The number of pyridine rings is 1. The van der Waals surface area contributed by atoms with Crippen molar-refractivity contribution in [1.82, 2.24) is 24.8 Å². The van der Waals surface area contributed by atoms with E-state index in [0.717, 1.165) is 29.8 Å². The van der Waals surface area contributed by atoms with Crippen LogP contribution in [-0.4, -0.2) is 37.3 Å². The van der Waals surface area contributed by atoms with E-state index in [1.165, 1.54) is 17.5 Å². The third-order valence-electron chi connectivity index (χ3n) is 4.48. The number of nitrogens with zero attached hydrogens (tertiary/aromatic N) is 4. The Morgan fingerprint density at radius 3 is 2.77 bits per heavy atom. The predicted octanol–water partition coefficient (Wildman–Crippen LogP) is 2.66. The van der Waals surface area contributed by atoms with Gasteiger partial charge in [-0.15, -0.1) is 11.3 Å².